The van der Waals surface area contributed by atoms with Gasteiger partial charge in [0.25, 0.3) is 0 Å². The van der Waals surface area contributed by atoms with Crippen LogP contribution in [0.4, 0.5) is 0 Å². The topological polar surface area (TPSA) is 37.8 Å². The number of benzene rings is 1. The predicted molar refractivity (Wildman–Crippen MR) is 75.4 cm³/mol. The second kappa shape index (κ2) is 5.16. The minimum atomic E-state index is 0.459. The summed E-state index contributed by atoms with van der Waals surface area (Å²) in [6, 6.07) is 10.2. The van der Waals surface area contributed by atoms with Gasteiger partial charge < -0.3 is 5.32 Å². The van der Waals surface area contributed by atoms with Crippen LogP contribution >= 0.6 is 15.9 Å². The van der Waals surface area contributed by atoms with E-state index >= 15 is 0 Å². The summed E-state index contributed by atoms with van der Waals surface area (Å²) in [7, 11) is 0. The first-order valence-corrected chi connectivity index (χ1v) is 6.92. The van der Waals surface area contributed by atoms with E-state index in [4.69, 9.17) is 0 Å². The summed E-state index contributed by atoms with van der Waals surface area (Å²) in [4.78, 5) is 9.09. The SMILES string of the molecule is Brc1ccc(-c2ccnc(C3CCNC3)n2)cc1. The van der Waals surface area contributed by atoms with Crippen LogP contribution in [0.5, 0.6) is 0 Å². The molecular weight excluding hydrogens is 290 g/mol. The largest absolute Gasteiger partial charge is 0.316 e. The highest BCUT2D eigenvalue weighted by molar-refractivity contribution is 9.10. The number of halogens is 1. The van der Waals surface area contributed by atoms with Gasteiger partial charge in [0.2, 0.25) is 0 Å². The molecule has 1 saturated heterocycles. The zero-order valence-electron chi connectivity index (χ0n) is 9.94. The minimum Gasteiger partial charge on any atom is -0.316 e. The van der Waals surface area contributed by atoms with E-state index in [9.17, 15) is 0 Å². The average Bonchev–Trinajstić information content (AvgIpc) is 2.94. The molecule has 0 aliphatic carbocycles. The monoisotopic (exact) mass is 303 g/mol. The molecule has 3 rings (SSSR count). The molecule has 92 valence electrons. The number of nitrogens with zero attached hydrogens (tertiary/aromatic N) is 2. The number of hydrogen-bond acceptors (Lipinski definition) is 3. The van der Waals surface area contributed by atoms with Crippen molar-refractivity contribution in [3.05, 3.63) is 46.8 Å². The van der Waals surface area contributed by atoms with Gasteiger partial charge in [0, 0.05) is 28.7 Å². The van der Waals surface area contributed by atoms with Gasteiger partial charge in [-0.05, 0) is 31.2 Å². The maximum Gasteiger partial charge on any atom is 0.133 e. The molecule has 2 aromatic rings. The third kappa shape index (κ3) is 2.44. The zero-order chi connectivity index (χ0) is 12.4. The lowest BCUT2D eigenvalue weighted by atomic mass is 10.1. The molecule has 1 aliphatic rings. The molecule has 0 amide bonds. The smallest absolute Gasteiger partial charge is 0.133 e. The van der Waals surface area contributed by atoms with Crippen molar-refractivity contribution in [3.63, 3.8) is 0 Å². The summed E-state index contributed by atoms with van der Waals surface area (Å²) in [5.74, 6) is 1.42. The van der Waals surface area contributed by atoms with Gasteiger partial charge in [-0.15, -0.1) is 0 Å². The Hall–Kier alpha value is -1.26. The molecule has 1 aromatic carbocycles. The van der Waals surface area contributed by atoms with Gasteiger partial charge in [0.15, 0.2) is 0 Å². The van der Waals surface area contributed by atoms with Gasteiger partial charge in [0.1, 0.15) is 5.82 Å². The third-order valence-electron chi connectivity index (χ3n) is 3.24. The van der Waals surface area contributed by atoms with Crippen molar-refractivity contribution < 1.29 is 0 Å². The van der Waals surface area contributed by atoms with Crippen LogP contribution in [0.2, 0.25) is 0 Å². The average molecular weight is 304 g/mol. The van der Waals surface area contributed by atoms with Gasteiger partial charge in [-0.1, -0.05) is 28.1 Å². The third-order valence-corrected chi connectivity index (χ3v) is 3.77. The van der Waals surface area contributed by atoms with E-state index < -0.39 is 0 Å². The van der Waals surface area contributed by atoms with Gasteiger partial charge in [-0.3, -0.25) is 0 Å². The van der Waals surface area contributed by atoms with E-state index in [1.165, 1.54) is 0 Å². The van der Waals surface area contributed by atoms with Crippen molar-refractivity contribution in [1.29, 1.82) is 0 Å². The lowest BCUT2D eigenvalue weighted by Gasteiger charge is -2.08. The Kier molecular flexibility index (Phi) is 3.39. The Bertz CT molecular complexity index is 533. The molecule has 0 saturated carbocycles. The zero-order valence-corrected chi connectivity index (χ0v) is 11.5. The highest BCUT2D eigenvalue weighted by Gasteiger charge is 2.19. The van der Waals surface area contributed by atoms with Crippen molar-refractivity contribution in [2.24, 2.45) is 0 Å². The van der Waals surface area contributed by atoms with E-state index in [2.05, 4.69) is 43.3 Å². The van der Waals surface area contributed by atoms with Crippen LogP contribution < -0.4 is 5.32 Å². The van der Waals surface area contributed by atoms with Crippen LogP contribution in [-0.2, 0) is 0 Å². The Morgan fingerprint density at radius 3 is 2.72 bits per heavy atom. The summed E-state index contributed by atoms with van der Waals surface area (Å²) in [6.45, 7) is 2.06. The first-order chi connectivity index (χ1) is 8.83. The fourth-order valence-electron chi connectivity index (χ4n) is 2.23. The molecular formula is C14H14BrN3. The van der Waals surface area contributed by atoms with Gasteiger partial charge in [0.05, 0.1) is 5.69 Å². The van der Waals surface area contributed by atoms with Gasteiger partial charge in [-0.25, -0.2) is 9.97 Å². The molecule has 1 N–H and O–H groups in total. The second-order valence-corrected chi connectivity index (χ2v) is 5.41. The van der Waals surface area contributed by atoms with Crippen molar-refractivity contribution in [2.75, 3.05) is 13.1 Å². The lowest BCUT2D eigenvalue weighted by molar-refractivity contribution is 0.703. The first kappa shape index (κ1) is 11.8. The Morgan fingerprint density at radius 2 is 2.00 bits per heavy atom. The maximum absolute atomic E-state index is 4.69. The summed E-state index contributed by atoms with van der Waals surface area (Å²) in [6.07, 6.45) is 2.99. The normalized spacial score (nSPS) is 19.1. The Balaban J connectivity index is 1.92. The Morgan fingerprint density at radius 1 is 1.17 bits per heavy atom. The molecule has 1 atom stereocenters. The lowest BCUT2D eigenvalue weighted by Crippen LogP contribution is -2.10. The molecule has 1 unspecified atom stereocenters. The fourth-order valence-corrected chi connectivity index (χ4v) is 2.49. The molecule has 1 fully saturated rings. The highest BCUT2D eigenvalue weighted by atomic mass is 79.9. The van der Waals surface area contributed by atoms with E-state index in [1.807, 2.05) is 24.4 Å². The molecule has 0 spiro atoms. The van der Waals surface area contributed by atoms with Crippen LogP contribution in [0.3, 0.4) is 0 Å². The van der Waals surface area contributed by atoms with Crippen LogP contribution in [0.15, 0.2) is 41.0 Å². The molecule has 4 heteroatoms. The van der Waals surface area contributed by atoms with Crippen molar-refractivity contribution in [1.82, 2.24) is 15.3 Å². The van der Waals surface area contributed by atoms with Gasteiger partial charge in [-0.2, -0.15) is 0 Å². The molecule has 1 aliphatic heterocycles. The second-order valence-electron chi connectivity index (χ2n) is 4.50. The maximum atomic E-state index is 4.69. The molecule has 18 heavy (non-hydrogen) atoms. The fraction of sp³-hybridized carbons (Fsp3) is 0.286. The summed E-state index contributed by atoms with van der Waals surface area (Å²) in [5.41, 5.74) is 2.13. The van der Waals surface area contributed by atoms with Crippen molar-refractivity contribution in [2.45, 2.75) is 12.3 Å². The number of aromatic nitrogens is 2. The number of rotatable bonds is 2. The summed E-state index contributed by atoms with van der Waals surface area (Å²) >= 11 is 3.45. The van der Waals surface area contributed by atoms with Gasteiger partial charge >= 0.3 is 0 Å². The van der Waals surface area contributed by atoms with Crippen LogP contribution in [0, 0.1) is 0 Å². The molecule has 0 radical (unpaired) electrons. The Labute approximate surface area is 115 Å². The summed E-state index contributed by atoms with van der Waals surface area (Å²) in [5, 5.41) is 3.35. The van der Waals surface area contributed by atoms with E-state index in [0.717, 1.165) is 41.1 Å². The summed E-state index contributed by atoms with van der Waals surface area (Å²) < 4.78 is 1.08. The van der Waals surface area contributed by atoms with E-state index in [1.54, 1.807) is 0 Å². The minimum absolute atomic E-state index is 0.459. The van der Waals surface area contributed by atoms with Crippen LogP contribution in [-0.4, -0.2) is 23.1 Å². The highest BCUT2D eigenvalue weighted by Crippen LogP contribution is 2.23. The van der Waals surface area contributed by atoms with E-state index in [-0.39, 0.29) is 0 Å². The predicted octanol–water partition coefficient (Wildman–Crippen LogP) is 2.98. The molecule has 0 bridgehead atoms. The van der Waals surface area contributed by atoms with Crippen molar-refractivity contribution in [3.8, 4) is 11.3 Å². The first-order valence-electron chi connectivity index (χ1n) is 6.12. The quantitative estimate of drug-likeness (QED) is 0.927. The molecule has 1 aromatic heterocycles. The number of nitrogens with one attached hydrogen (secondary N) is 1. The number of hydrogen-bond donors (Lipinski definition) is 1. The molecule has 3 nitrogen and oxygen atoms in total. The van der Waals surface area contributed by atoms with E-state index in [0.29, 0.717) is 5.92 Å². The van der Waals surface area contributed by atoms with Crippen LogP contribution in [0.1, 0.15) is 18.2 Å². The standard InChI is InChI=1S/C14H14BrN3/c15-12-3-1-10(2-4-12)13-6-8-17-14(18-13)11-5-7-16-9-11/h1-4,6,8,11,16H,5,7,9H2. The van der Waals surface area contributed by atoms with Crippen LogP contribution in [0.25, 0.3) is 11.3 Å². The van der Waals surface area contributed by atoms with Crippen molar-refractivity contribution >= 4 is 15.9 Å². The molecule has 2 heterocycles.